The Balaban J connectivity index is 2.86. The Kier molecular flexibility index (Phi) is 6.24. The van der Waals surface area contributed by atoms with Crippen molar-refractivity contribution in [1.82, 2.24) is 9.71 Å². The molecule has 10 heteroatoms. The van der Waals surface area contributed by atoms with Crippen LogP contribution in [0.1, 0.15) is 33.1 Å². The second-order valence-corrected chi connectivity index (χ2v) is 7.29. The number of unbranched alkanes of at least 4 members (excludes halogenated alkanes) is 1. The van der Waals surface area contributed by atoms with Crippen LogP contribution in [-0.4, -0.2) is 36.4 Å². The van der Waals surface area contributed by atoms with Crippen molar-refractivity contribution in [2.24, 2.45) is 0 Å². The number of aromatic nitrogens is 1. The van der Waals surface area contributed by atoms with Crippen LogP contribution in [0.5, 0.6) is 0 Å². The van der Waals surface area contributed by atoms with Crippen LogP contribution in [0.3, 0.4) is 0 Å². The summed E-state index contributed by atoms with van der Waals surface area (Å²) in [6, 6.07) is -1.18. The minimum atomic E-state index is -3.98. The summed E-state index contributed by atoms with van der Waals surface area (Å²) in [4.78, 5) is 25.7. The quantitative estimate of drug-likeness (QED) is 0.651. The minimum Gasteiger partial charge on any atom is -0.480 e. The predicted molar refractivity (Wildman–Crippen MR) is 77.7 cm³/mol. The molecule has 0 radical (unpaired) electrons. The molecule has 0 saturated carbocycles. The molecule has 0 aliphatic carbocycles. The molecule has 1 atom stereocenters. The zero-order chi connectivity index (χ0) is 16.0. The molecule has 0 saturated heterocycles. The van der Waals surface area contributed by atoms with E-state index in [4.69, 9.17) is 5.11 Å². The number of carboxylic acids is 1. The number of hydrogen-bond acceptors (Lipinski definition) is 6. The Bertz CT molecular complexity index is 611. The SMILES string of the molecule is CCCCC(NS(=O)(=O)c1cnc(NC(C)=O)s1)C(=O)O. The molecule has 0 aliphatic rings. The first kappa shape index (κ1) is 17.5. The van der Waals surface area contributed by atoms with Crippen LogP contribution in [0, 0.1) is 0 Å². The Morgan fingerprint density at radius 3 is 2.67 bits per heavy atom. The monoisotopic (exact) mass is 335 g/mol. The van der Waals surface area contributed by atoms with Gasteiger partial charge in [0.1, 0.15) is 6.04 Å². The molecule has 118 valence electrons. The molecule has 1 rings (SSSR count). The van der Waals surface area contributed by atoms with Gasteiger partial charge in [-0.15, -0.1) is 0 Å². The molecule has 1 unspecified atom stereocenters. The number of amides is 1. The first-order valence-electron chi connectivity index (χ1n) is 6.24. The van der Waals surface area contributed by atoms with E-state index >= 15 is 0 Å². The Morgan fingerprint density at radius 1 is 1.48 bits per heavy atom. The number of carbonyl (C=O) groups excluding carboxylic acids is 1. The van der Waals surface area contributed by atoms with Gasteiger partial charge in [-0.25, -0.2) is 13.4 Å². The third-order valence-electron chi connectivity index (χ3n) is 2.47. The number of aliphatic carboxylic acids is 1. The van der Waals surface area contributed by atoms with Gasteiger partial charge in [0, 0.05) is 6.92 Å². The van der Waals surface area contributed by atoms with Crippen molar-refractivity contribution in [3.05, 3.63) is 6.20 Å². The number of thiazole rings is 1. The first-order valence-corrected chi connectivity index (χ1v) is 8.54. The van der Waals surface area contributed by atoms with Gasteiger partial charge in [-0.1, -0.05) is 31.1 Å². The zero-order valence-electron chi connectivity index (χ0n) is 11.6. The van der Waals surface area contributed by atoms with E-state index in [-0.39, 0.29) is 21.7 Å². The van der Waals surface area contributed by atoms with Gasteiger partial charge in [0.05, 0.1) is 6.20 Å². The summed E-state index contributed by atoms with van der Waals surface area (Å²) in [5.74, 6) is -1.59. The predicted octanol–water partition coefficient (Wildman–Crippen LogP) is 1.02. The van der Waals surface area contributed by atoms with Gasteiger partial charge in [-0.2, -0.15) is 4.72 Å². The van der Waals surface area contributed by atoms with Gasteiger partial charge in [0.2, 0.25) is 5.91 Å². The van der Waals surface area contributed by atoms with E-state index in [9.17, 15) is 18.0 Å². The van der Waals surface area contributed by atoms with Gasteiger partial charge in [0.15, 0.2) is 9.34 Å². The largest absolute Gasteiger partial charge is 0.480 e. The van der Waals surface area contributed by atoms with Crippen molar-refractivity contribution >= 4 is 38.4 Å². The molecule has 0 bridgehead atoms. The lowest BCUT2D eigenvalue weighted by Crippen LogP contribution is -2.40. The third-order valence-corrected chi connectivity index (χ3v) is 5.32. The molecule has 21 heavy (non-hydrogen) atoms. The van der Waals surface area contributed by atoms with E-state index in [0.29, 0.717) is 6.42 Å². The summed E-state index contributed by atoms with van der Waals surface area (Å²) in [5, 5.41) is 11.5. The van der Waals surface area contributed by atoms with Crippen molar-refractivity contribution in [1.29, 1.82) is 0 Å². The highest BCUT2D eigenvalue weighted by molar-refractivity contribution is 7.91. The average molecular weight is 335 g/mol. The standard InChI is InChI=1S/C11H17N3O5S2/c1-3-4-5-8(10(16)17)14-21(18,19)9-6-12-11(20-9)13-7(2)15/h6,8,14H,3-5H2,1-2H3,(H,16,17)(H,12,13,15). The number of nitrogens with one attached hydrogen (secondary N) is 2. The lowest BCUT2D eigenvalue weighted by Gasteiger charge is -2.13. The van der Waals surface area contributed by atoms with Gasteiger partial charge in [0.25, 0.3) is 10.0 Å². The van der Waals surface area contributed by atoms with E-state index in [0.717, 1.165) is 24.0 Å². The number of sulfonamides is 1. The van der Waals surface area contributed by atoms with Crippen LogP contribution in [0.15, 0.2) is 10.4 Å². The Morgan fingerprint density at radius 2 is 2.14 bits per heavy atom. The number of nitrogens with zero attached hydrogens (tertiary/aromatic N) is 1. The number of hydrogen-bond donors (Lipinski definition) is 3. The van der Waals surface area contributed by atoms with Crippen LogP contribution in [0.25, 0.3) is 0 Å². The van der Waals surface area contributed by atoms with Crippen LogP contribution < -0.4 is 10.0 Å². The molecular weight excluding hydrogens is 318 g/mol. The molecule has 1 amide bonds. The van der Waals surface area contributed by atoms with E-state index in [1.165, 1.54) is 6.92 Å². The molecule has 1 heterocycles. The molecular formula is C11H17N3O5S2. The summed E-state index contributed by atoms with van der Waals surface area (Å²) in [6.07, 6.45) is 2.65. The van der Waals surface area contributed by atoms with Crippen LogP contribution in [0.4, 0.5) is 5.13 Å². The highest BCUT2D eigenvalue weighted by atomic mass is 32.2. The van der Waals surface area contributed by atoms with Gasteiger partial charge < -0.3 is 10.4 Å². The smallest absolute Gasteiger partial charge is 0.321 e. The highest BCUT2D eigenvalue weighted by Gasteiger charge is 2.26. The molecule has 0 fully saturated rings. The second kappa shape index (κ2) is 7.48. The maximum atomic E-state index is 12.1. The van der Waals surface area contributed by atoms with Gasteiger partial charge in [-0.3, -0.25) is 9.59 Å². The molecule has 0 aliphatic heterocycles. The Labute approximate surface area is 126 Å². The van der Waals surface area contributed by atoms with Crippen molar-refractivity contribution in [3.8, 4) is 0 Å². The van der Waals surface area contributed by atoms with Gasteiger partial charge in [-0.05, 0) is 6.42 Å². The zero-order valence-corrected chi connectivity index (χ0v) is 13.3. The topological polar surface area (TPSA) is 125 Å². The maximum Gasteiger partial charge on any atom is 0.321 e. The maximum absolute atomic E-state index is 12.1. The van der Waals surface area contributed by atoms with Crippen molar-refractivity contribution in [2.45, 2.75) is 43.4 Å². The fourth-order valence-electron chi connectivity index (χ4n) is 1.48. The molecule has 0 spiro atoms. The molecule has 8 nitrogen and oxygen atoms in total. The van der Waals surface area contributed by atoms with E-state index < -0.39 is 22.0 Å². The van der Waals surface area contributed by atoms with E-state index in [2.05, 4.69) is 15.0 Å². The lowest BCUT2D eigenvalue weighted by atomic mass is 10.1. The van der Waals surface area contributed by atoms with E-state index in [1.807, 2.05) is 6.92 Å². The van der Waals surface area contributed by atoms with Crippen LogP contribution in [0.2, 0.25) is 0 Å². The number of rotatable bonds is 8. The van der Waals surface area contributed by atoms with E-state index in [1.54, 1.807) is 0 Å². The molecule has 0 aromatic carbocycles. The van der Waals surface area contributed by atoms with Crippen molar-refractivity contribution in [3.63, 3.8) is 0 Å². The summed E-state index contributed by atoms with van der Waals surface area (Å²) in [7, 11) is -3.98. The molecule has 3 N–H and O–H groups in total. The number of carbonyl (C=O) groups is 2. The highest BCUT2D eigenvalue weighted by Crippen LogP contribution is 2.23. The Hall–Kier alpha value is -1.52. The third kappa shape index (κ3) is 5.40. The second-order valence-electron chi connectivity index (χ2n) is 4.32. The number of carboxylic acid groups (broad SMARTS) is 1. The van der Waals surface area contributed by atoms with Crippen LogP contribution >= 0.6 is 11.3 Å². The van der Waals surface area contributed by atoms with Crippen molar-refractivity contribution in [2.75, 3.05) is 5.32 Å². The molecule has 1 aromatic heterocycles. The summed E-state index contributed by atoms with van der Waals surface area (Å²) in [6.45, 7) is 3.16. The normalized spacial score (nSPS) is 12.9. The average Bonchev–Trinajstić information content (AvgIpc) is 2.82. The minimum absolute atomic E-state index is 0.142. The first-order chi connectivity index (χ1) is 9.76. The summed E-state index contributed by atoms with van der Waals surface area (Å²) >= 11 is 0.759. The lowest BCUT2D eigenvalue weighted by molar-refractivity contribution is -0.139. The number of anilines is 1. The van der Waals surface area contributed by atoms with Gasteiger partial charge >= 0.3 is 5.97 Å². The van der Waals surface area contributed by atoms with Crippen molar-refractivity contribution < 1.29 is 23.1 Å². The van der Waals surface area contributed by atoms with Crippen LogP contribution in [-0.2, 0) is 19.6 Å². The summed E-state index contributed by atoms with van der Waals surface area (Å²) in [5.41, 5.74) is 0. The fraction of sp³-hybridized carbons (Fsp3) is 0.545. The summed E-state index contributed by atoms with van der Waals surface area (Å²) < 4.78 is 26.2. The molecule has 1 aromatic rings. The fourth-order valence-corrected chi connectivity index (χ4v) is 3.80.